The molecular formula is C5H9F2NOS. The Hall–Kier alpha value is -0.320. The van der Waals surface area contributed by atoms with Gasteiger partial charge in [-0.1, -0.05) is 0 Å². The van der Waals surface area contributed by atoms with E-state index < -0.39 is 13.0 Å². The normalized spacial score (nSPS) is 10.0. The molecular weight excluding hydrogens is 160 g/mol. The summed E-state index contributed by atoms with van der Waals surface area (Å²) < 4.78 is 22.8. The van der Waals surface area contributed by atoms with Gasteiger partial charge < -0.3 is 5.32 Å². The van der Waals surface area contributed by atoms with E-state index in [0.717, 1.165) is 0 Å². The molecule has 0 aliphatic rings. The lowest BCUT2D eigenvalue weighted by Crippen LogP contribution is -2.29. The summed E-state index contributed by atoms with van der Waals surface area (Å²) in [5.74, 6) is -0.0972. The molecule has 0 aromatic carbocycles. The number of hydrogen-bond donors (Lipinski definition) is 1. The first kappa shape index (κ1) is 9.68. The van der Waals surface area contributed by atoms with E-state index in [4.69, 9.17) is 0 Å². The van der Waals surface area contributed by atoms with E-state index in [9.17, 15) is 13.6 Å². The molecule has 0 radical (unpaired) electrons. The third kappa shape index (κ3) is 5.81. The maximum atomic E-state index is 11.4. The second kappa shape index (κ2) is 5.46. The van der Waals surface area contributed by atoms with Crippen molar-refractivity contribution in [2.24, 2.45) is 0 Å². The van der Waals surface area contributed by atoms with Crippen molar-refractivity contribution in [2.75, 3.05) is 18.6 Å². The van der Waals surface area contributed by atoms with E-state index in [2.05, 4.69) is 5.32 Å². The van der Waals surface area contributed by atoms with Crippen LogP contribution < -0.4 is 5.32 Å². The van der Waals surface area contributed by atoms with Crippen molar-refractivity contribution < 1.29 is 13.6 Å². The predicted molar refractivity (Wildman–Crippen MR) is 37.4 cm³/mol. The molecule has 0 aliphatic carbocycles. The summed E-state index contributed by atoms with van der Waals surface area (Å²) in [7, 11) is 0. The fraction of sp³-hybridized carbons (Fsp3) is 0.800. The molecule has 0 aromatic rings. The molecule has 0 fully saturated rings. The lowest BCUT2D eigenvalue weighted by molar-refractivity contribution is -0.119. The minimum Gasteiger partial charge on any atom is -0.350 e. The van der Waals surface area contributed by atoms with Gasteiger partial charge in [0.15, 0.2) is 0 Å². The van der Waals surface area contributed by atoms with Gasteiger partial charge in [-0.2, -0.15) is 11.8 Å². The van der Waals surface area contributed by atoms with E-state index in [1.165, 1.54) is 11.8 Å². The van der Waals surface area contributed by atoms with Crippen LogP contribution in [0.2, 0.25) is 0 Å². The van der Waals surface area contributed by atoms with Gasteiger partial charge in [0.05, 0.1) is 12.3 Å². The molecule has 0 atom stereocenters. The van der Waals surface area contributed by atoms with Crippen LogP contribution in [0, 0.1) is 0 Å². The topological polar surface area (TPSA) is 29.1 Å². The molecule has 0 bridgehead atoms. The van der Waals surface area contributed by atoms with Crippen LogP contribution in [0.5, 0.6) is 0 Å². The van der Waals surface area contributed by atoms with Crippen molar-refractivity contribution >= 4 is 17.7 Å². The number of carbonyl (C=O) groups excluding carboxylic acids is 1. The highest BCUT2D eigenvalue weighted by Crippen LogP contribution is 1.91. The Kier molecular flexibility index (Phi) is 5.29. The number of carbonyl (C=O) groups is 1. The fourth-order valence-electron chi connectivity index (χ4n) is 0.373. The Bertz CT molecular complexity index is 110. The molecule has 0 saturated carbocycles. The molecule has 0 rings (SSSR count). The third-order valence-corrected chi connectivity index (χ3v) is 1.28. The van der Waals surface area contributed by atoms with Gasteiger partial charge in [-0.15, -0.1) is 0 Å². The molecule has 60 valence electrons. The number of hydrogen-bond acceptors (Lipinski definition) is 2. The van der Waals surface area contributed by atoms with E-state index in [-0.39, 0.29) is 11.7 Å². The number of halogens is 2. The third-order valence-electron chi connectivity index (χ3n) is 0.729. The average molecular weight is 169 g/mol. The summed E-state index contributed by atoms with van der Waals surface area (Å²) in [6, 6.07) is 0. The van der Waals surface area contributed by atoms with E-state index in [1.54, 1.807) is 6.26 Å². The summed E-state index contributed by atoms with van der Waals surface area (Å²) in [5, 5.41) is 2.07. The van der Waals surface area contributed by atoms with Crippen molar-refractivity contribution in [3.63, 3.8) is 0 Å². The van der Waals surface area contributed by atoms with Crippen LogP contribution in [0.25, 0.3) is 0 Å². The number of rotatable bonds is 4. The fourth-order valence-corrected chi connectivity index (χ4v) is 0.737. The molecule has 0 aliphatic heterocycles. The maximum Gasteiger partial charge on any atom is 0.255 e. The summed E-state index contributed by atoms with van der Waals surface area (Å²) in [4.78, 5) is 10.5. The molecule has 0 unspecified atom stereocenters. The van der Waals surface area contributed by atoms with Crippen LogP contribution in [0.3, 0.4) is 0 Å². The monoisotopic (exact) mass is 169 g/mol. The van der Waals surface area contributed by atoms with Gasteiger partial charge in [-0.3, -0.25) is 4.79 Å². The predicted octanol–water partition coefficient (Wildman–Crippen LogP) is 0.731. The molecule has 1 N–H and O–H groups in total. The largest absolute Gasteiger partial charge is 0.350 e. The highest BCUT2D eigenvalue weighted by molar-refractivity contribution is 7.99. The Morgan fingerprint density at radius 3 is 2.70 bits per heavy atom. The minimum atomic E-state index is -2.45. The molecule has 0 aromatic heterocycles. The van der Waals surface area contributed by atoms with Crippen molar-refractivity contribution in [1.29, 1.82) is 0 Å². The minimum absolute atomic E-state index is 0.243. The Balaban J connectivity index is 3.22. The van der Waals surface area contributed by atoms with Crippen molar-refractivity contribution in [2.45, 2.75) is 6.43 Å². The van der Waals surface area contributed by atoms with Crippen molar-refractivity contribution in [3.8, 4) is 0 Å². The number of alkyl halides is 2. The van der Waals surface area contributed by atoms with Crippen molar-refractivity contribution in [1.82, 2.24) is 5.32 Å². The Morgan fingerprint density at radius 1 is 1.70 bits per heavy atom. The van der Waals surface area contributed by atoms with E-state index in [1.807, 2.05) is 0 Å². The maximum absolute atomic E-state index is 11.4. The van der Waals surface area contributed by atoms with Gasteiger partial charge >= 0.3 is 0 Å². The number of nitrogens with one attached hydrogen (secondary N) is 1. The van der Waals surface area contributed by atoms with Crippen LogP contribution in [0.15, 0.2) is 0 Å². The second-order valence-corrected chi connectivity index (χ2v) is 2.49. The van der Waals surface area contributed by atoms with Gasteiger partial charge in [0.2, 0.25) is 5.91 Å². The van der Waals surface area contributed by atoms with Gasteiger partial charge in [0.25, 0.3) is 6.43 Å². The molecule has 1 amide bonds. The standard InChI is InChI=1S/C5H9F2NOS/c1-10-3-5(9)8-2-4(6)7/h4H,2-3H2,1H3,(H,8,9). The molecule has 10 heavy (non-hydrogen) atoms. The van der Waals surface area contributed by atoms with Crippen LogP contribution >= 0.6 is 11.8 Å². The first-order chi connectivity index (χ1) is 4.66. The van der Waals surface area contributed by atoms with Gasteiger partial charge in [-0.05, 0) is 6.26 Å². The van der Waals surface area contributed by atoms with Crippen LogP contribution in [-0.2, 0) is 4.79 Å². The highest BCUT2D eigenvalue weighted by Gasteiger charge is 2.04. The van der Waals surface area contributed by atoms with Crippen molar-refractivity contribution in [3.05, 3.63) is 0 Å². The summed E-state index contributed by atoms with van der Waals surface area (Å²) >= 11 is 1.30. The number of thioether (sulfide) groups is 1. The van der Waals surface area contributed by atoms with Gasteiger partial charge in [-0.25, -0.2) is 8.78 Å². The molecule has 0 heterocycles. The molecule has 0 saturated heterocycles. The zero-order chi connectivity index (χ0) is 7.98. The molecule has 2 nitrogen and oxygen atoms in total. The summed E-state index contributed by atoms with van der Waals surface area (Å²) in [6.07, 6.45) is -0.715. The van der Waals surface area contributed by atoms with Gasteiger partial charge in [0, 0.05) is 0 Å². The summed E-state index contributed by atoms with van der Waals surface area (Å²) in [6.45, 7) is -0.542. The van der Waals surface area contributed by atoms with Gasteiger partial charge in [0.1, 0.15) is 0 Å². The molecule has 0 spiro atoms. The highest BCUT2D eigenvalue weighted by atomic mass is 32.2. The zero-order valence-corrected chi connectivity index (χ0v) is 6.38. The van der Waals surface area contributed by atoms with E-state index >= 15 is 0 Å². The second-order valence-electron chi connectivity index (χ2n) is 1.63. The molecule has 5 heteroatoms. The Labute approximate surface area is 62.4 Å². The summed E-state index contributed by atoms with van der Waals surface area (Å²) in [5.41, 5.74) is 0. The number of amides is 1. The zero-order valence-electron chi connectivity index (χ0n) is 5.56. The van der Waals surface area contributed by atoms with Crippen LogP contribution in [0.1, 0.15) is 0 Å². The lowest BCUT2D eigenvalue weighted by atomic mass is 10.6. The first-order valence-electron chi connectivity index (χ1n) is 2.70. The van der Waals surface area contributed by atoms with Crippen LogP contribution in [0.4, 0.5) is 8.78 Å². The average Bonchev–Trinajstić information content (AvgIpc) is 1.85. The Morgan fingerprint density at radius 2 is 2.30 bits per heavy atom. The van der Waals surface area contributed by atoms with E-state index in [0.29, 0.717) is 0 Å². The SMILES string of the molecule is CSCC(=O)NCC(F)F. The lowest BCUT2D eigenvalue weighted by Gasteiger charge is -2.01. The van der Waals surface area contributed by atoms with Crippen LogP contribution in [-0.4, -0.2) is 30.9 Å². The first-order valence-corrected chi connectivity index (χ1v) is 4.10. The smallest absolute Gasteiger partial charge is 0.255 e. The quantitative estimate of drug-likeness (QED) is 0.672.